The largest absolute Gasteiger partial charge is 0.381 e. The topological polar surface area (TPSA) is 35.2 Å². The fraction of sp³-hybridized carbons (Fsp3) is 1.00. The molecule has 2 unspecified atom stereocenters. The Labute approximate surface area is 70.1 Å². The van der Waals surface area contributed by atoms with Gasteiger partial charge in [-0.1, -0.05) is 13.8 Å². The molecule has 0 aliphatic carbocycles. The van der Waals surface area contributed by atoms with E-state index >= 15 is 0 Å². The first-order valence-electron chi connectivity index (χ1n) is 4.50. The van der Waals surface area contributed by atoms with Crippen LogP contribution < -0.4 is 5.73 Å². The van der Waals surface area contributed by atoms with Crippen molar-refractivity contribution in [1.29, 1.82) is 0 Å². The minimum absolute atomic E-state index is 0.301. The Morgan fingerprint density at radius 3 is 2.45 bits per heavy atom. The summed E-state index contributed by atoms with van der Waals surface area (Å²) in [5, 5.41) is 0. The quantitative estimate of drug-likeness (QED) is 0.600. The third-order valence-electron chi connectivity index (χ3n) is 1.52. The first kappa shape index (κ1) is 10.9. The summed E-state index contributed by atoms with van der Waals surface area (Å²) in [7, 11) is 0. The number of hydrogen-bond acceptors (Lipinski definition) is 2. The highest BCUT2D eigenvalue weighted by Crippen LogP contribution is 2.04. The molecule has 0 aromatic carbocycles. The van der Waals surface area contributed by atoms with Gasteiger partial charge in [-0.15, -0.1) is 0 Å². The number of nitrogens with two attached hydrogens (primary N) is 1. The Bertz CT molecular complexity index is 83.6. The number of ether oxygens (including phenoxy) is 1. The summed E-state index contributed by atoms with van der Waals surface area (Å²) in [6.07, 6.45) is 2.16. The predicted octanol–water partition coefficient (Wildman–Crippen LogP) is 1.79. The van der Waals surface area contributed by atoms with E-state index in [4.69, 9.17) is 10.5 Å². The highest BCUT2D eigenvalue weighted by Gasteiger charge is 2.04. The summed E-state index contributed by atoms with van der Waals surface area (Å²) in [6.45, 7) is 8.07. The van der Waals surface area contributed by atoms with E-state index in [2.05, 4.69) is 13.8 Å². The predicted molar refractivity (Wildman–Crippen MR) is 48.5 cm³/mol. The maximum absolute atomic E-state index is 5.64. The Balaban J connectivity index is 3.15. The molecule has 0 fully saturated rings. The minimum Gasteiger partial charge on any atom is -0.381 e. The zero-order chi connectivity index (χ0) is 8.69. The van der Waals surface area contributed by atoms with Crippen molar-refractivity contribution >= 4 is 0 Å². The lowest BCUT2D eigenvalue weighted by Gasteiger charge is -2.13. The molecule has 0 saturated carbocycles. The van der Waals surface area contributed by atoms with E-state index < -0.39 is 0 Å². The van der Waals surface area contributed by atoms with Gasteiger partial charge >= 0.3 is 0 Å². The van der Waals surface area contributed by atoms with Crippen molar-refractivity contribution in [3.05, 3.63) is 0 Å². The van der Waals surface area contributed by atoms with Gasteiger partial charge < -0.3 is 10.5 Å². The average Bonchev–Trinajstić information content (AvgIpc) is 1.86. The molecule has 0 aromatic heterocycles. The first-order chi connectivity index (χ1) is 5.16. The highest BCUT2D eigenvalue weighted by atomic mass is 16.5. The zero-order valence-corrected chi connectivity index (χ0v) is 7.97. The lowest BCUT2D eigenvalue weighted by Crippen LogP contribution is -2.20. The van der Waals surface area contributed by atoms with Gasteiger partial charge in [0.2, 0.25) is 0 Å². The summed E-state index contributed by atoms with van der Waals surface area (Å²) in [6, 6.07) is 0.301. The Kier molecular flexibility index (Phi) is 6.57. The lowest BCUT2D eigenvalue weighted by molar-refractivity contribution is 0.101. The van der Waals surface area contributed by atoms with Gasteiger partial charge in [-0.3, -0.25) is 0 Å². The van der Waals surface area contributed by atoms with E-state index in [1.54, 1.807) is 0 Å². The maximum Gasteiger partial charge on any atom is 0.0492 e. The molecule has 0 bridgehead atoms. The Hall–Kier alpha value is -0.0800. The Morgan fingerprint density at radius 1 is 1.36 bits per heavy atom. The van der Waals surface area contributed by atoms with Crippen molar-refractivity contribution in [1.82, 2.24) is 0 Å². The molecule has 0 aromatic rings. The van der Waals surface area contributed by atoms with Gasteiger partial charge in [0, 0.05) is 19.3 Å². The Morgan fingerprint density at radius 2 is 2.00 bits per heavy atom. The van der Waals surface area contributed by atoms with Crippen LogP contribution in [0, 0.1) is 5.92 Å². The average molecular weight is 159 g/mol. The van der Waals surface area contributed by atoms with E-state index in [-0.39, 0.29) is 0 Å². The number of hydrogen-bond donors (Lipinski definition) is 1. The second-order valence-corrected chi connectivity index (χ2v) is 3.39. The summed E-state index contributed by atoms with van der Waals surface area (Å²) in [5.74, 6) is 0.599. The fourth-order valence-electron chi connectivity index (χ4n) is 1.13. The summed E-state index contributed by atoms with van der Waals surface area (Å²) in [4.78, 5) is 0. The van der Waals surface area contributed by atoms with Crippen LogP contribution in [0.5, 0.6) is 0 Å². The van der Waals surface area contributed by atoms with Crippen LogP contribution in [0.15, 0.2) is 0 Å². The molecule has 0 aliphatic heterocycles. The van der Waals surface area contributed by atoms with Gasteiger partial charge in [0.05, 0.1) is 0 Å². The maximum atomic E-state index is 5.64. The normalized spacial score (nSPS) is 16.4. The summed E-state index contributed by atoms with van der Waals surface area (Å²) >= 11 is 0. The second kappa shape index (κ2) is 6.62. The molecular weight excluding hydrogens is 138 g/mol. The van der Waals surface area contributed by atoms with Crippen molar-refractivity contribution in [3.63, 3.8) is 0 Å². The van der Waals surface area contributed by atoms with E-state index in [1.807, 2.05) is 6.92 Å². The van der Waals surface area contributed by atoms with Crippen LogP contribution in [0.1, 0.15) is 33.6 Å². The van der Waals surface area contributed by atoms with E-state index in [9.17, 15) is 0 Å². The third-order valence-corrected chi connectivity index (χ3v) is 1.52. The number of rotatable bonds is 6. The van der Waals surface area contributed by atoms with Crippen molar-refractivity contribution in [2.75, 3.05) is 13.2 Å². The molecule has 0 spiro atoms. The van der Waals surface area contributed by atoms with Crippen LogP contribution in [-0.2, 0) is 4.74 Å². The van der Waals surface area contributed by atoms with Crippen molar-refractivity contribution in [2.24, 2.45) is 11.7 Å². The standard InChI is InChI=1S/C9H21NO/c1-4-5-11-7-8(2)6-9(3)10/h8-9H,4-7,10H2,1-3H3. The molecule has 68 valence electrons. The molecular formula is C9H21NO. The molecule has 11 heavy (non-hydrogen) atoms. The lowest BCUT2D eigenvalue weighted by atomic mass is 10.1. The molecule has 0 heterocycles. The molecule has 0 aliphatic rings. The van der Waals surface area contributed by atoms with Gasteiger partial charge in [0.25, 0.3) is 0 Å². The molecule has 2 nitrogen and oxygen atoms in total. The molecule has 2 N–H and O–H groups in total. The first-order valence-corrected chi connectivity index (χ1v) is 4.50. The van der Waals surface area contributed by atoms with Crippen LogP contribution in [0.4, 0.5) is 0 Å². The molecule has 0 saturated heterocycles. The molecule has 0 radical (unpaired) electrons. The highest BCUT2D eigenvalue weighted by molar-refractivity contribution is 4.59. The SMILES string of the molecule is CCCOCC(C)CC(C)N. The van der Waals surface area contributed by atoms with E-state index in [0.29, 0.717) is 12.0 Å². The third kappa shape index (κ3) is 7.82. The summed E-state index contributed by atoms with van der Waals surface area (Å²) < 4.78 is 5.39. The second-order valence-electron chi connectivity index (χ2n) is 3.39. The van der Waals surface area contributed by atoms with E-state index in [1.165, 1.54) is 0 Å². The summed E-state index contributed by atoms with van der Waals surface area (Å²) in [5.41, 5.74) is 5.64. The van der Waals surface area contributed by atoms with Gasteiger partial charge in [-0.25, -0.2) is 0 Å². The smallest absolute Gasteiger partial charge is 0.0492 e. The van der Waals surface area contributed by atoms with Crippen molar-refractivity contribution in [3.8, 4) is 0 Å². The zero-order valence-electron chi connectivity index (χ0n) is 7.97. The van der Waals surface area contributed by atoms with Gasteiger partial charge in [0.15, 0.2) is 0 Å². The van der Waals surface area contributed by atoms with Gasteiger partial charge in [-0.05, 0) is 25.7 Å². The molecule has 0 rings (SSSR count). The van der Waals surface area contributed by atoms with Crippen LogP contribution in [0.25, 0.3) is 0 Å². The van der Waals surface area contributed by atoms with Crippen LogP contribution in [0.3, 0.4) is 0 Å². The van der Waals surface area contributed by atoms with E-state index in [0.717, 1.165) is 26.1 Å². The molecule has 0 amide bonds. The molecule has 2 atom stereocenters. The van der Waals surface area contributed by atoms with Crippen LogP contribution in [0.2, 0.25) is 0 Å². The fourth-order valence-corrected chi connectivity index (χ4v) is 1.13. The van der Waals surface area contributed by atoms with Gasteiger partial charge in [-0.2, -0.15) is 0 Å². The van der Waals surface area contributed by atoms with Crippen molar-refractivity contribution < 1.29 is 4.74 Å². The monoisotopic (exact) mass is 159 g/mol. The van der Waals surface area contributed by atoms with Crippen molar-refractivity contribution in [2.45, 2.75) is 39.7 Å². The van der Waals surface area contributed by atoms with Crippen LogP contribution in [-0.4, -0.2) is 19.3 Å². The minimum atomic E-state index is 0.301. The van der Waals surface area contributed by atoms with Crippen LogP contribution >= 0.6 is 0 Å². The molecule has 2 heteroatoms. The van der Waals surface area contributed by atoms with Gasteiger partial charge in [0.1, 0.15) is 0 Å².